The highest BCUT2D eigenvalue weighted by Crippen LogP contribution is 2.23. The van der Waals surface area contributed by atoms with Crippen LogP contribution in [0.2, 0.25) is 0 Å². The Morgan fingerprint density at radius 3 is 2.94 bits per heavy atom. The van der Waals surface area contributed by atoms with E-state index in [1.807, 2.05) is 6.07 Å². The predicted octanol–water partition coefficient (Wildman–Crippen LogP) is 2.00. The van der Waals surface area contributed by atoms with Crippen LogP contribution in [-0.4, -0.2) is 35.9 Å². The maximum Gasteiger partial charge on any atom is 0.151 e. The Hall–Kier alpha value is -1.46. The molecule has 18 heavy (non-hydrogen) atoms. The number of hydrogen-bond donors (Lipinski definition) is 1. The van der Waals surface area contributed by atoms with Crippen LogP contribution in [0, 0.1) is 0 Å². The second kappa shape index (κ2) is 5.04. The van der Waals surface area contributed by atoms with Crippen molar-refractivity contribution in [2.24, 2.45) is 0 Å². The molecule has 1 aliphatic rings. The number of hydrogen-bond acceptors (Lipinski definition) is 5. The first-order chi connectivity index (χ1) is 8.83. The summed E-state index contributed by atoms with van der Waals surface area (Å²) in [6.45, 7) is 5.19. The van der Waals surface area contributed by atoms with Crippen molar-refractivity contribution in [3.05, 3.63) is 29.6 Å². The Labute approximate surface area is 111 Å². The summed E-state index contributed by atoms with van der Waals surface area (Å²) >= 11 is 1.69. The van der Waals surface area contributed by atoms with Crippen molar-refractivity contribution in [1.29, 1.82) is 0 Å². The van der Waals surface area contributed by atoms with Gasteiger partial charge in [0, 0.05) is 25.7 Å². The Kier molecular flexibility index (Phi) is 3.25. The van der Waals surface area contributed by atoms with E-state index in [9.17, 15) is 0 Å². The third-order valence-corrected chi connectivity index (χ3v) is 4.01. The first-order valence-corrected chi connectivity index (χ1v) is 7.07. The van der Waals surface area contributed by atoms with Crippen molar-refractivity contribution in [3.63, 3.8) is 0 Å². The number of thiophene rings is 1. The second-order valence-electron chi connectivity index (χ2n) is 4.56. The van der Waals surface area contributed by atoms with Crippen molar-refractivity contribution in [1.82, 2.24) is 15.5 Å². The molecule has 0 spiro atoms. The number of anilines is 1. The van der Waals surface area contributed by atoms with Gasteiger partial charge in [0.15, 0.2) is 5.82 Å². The number of nitrogens with one attached hydrogen (secondary N) is 1. The van der Waals surface area contributed by atoms with Crippen molar-refractivity contribution in [3.8, 4) is 10.6 Å². The normalized spacial score (nSPS) is 20.1. The molecule has 1 saturated heterocycles. The molecule has 0 bridgehead atoms. The number of nitrogens with zero attached hydrogens (tertiary/aromatic N) is 3. The lowest BCUT2D eigenvalue weighted by molar-refractivity contribution is 0.481. The molecule has 1 atom stereocenters. The molecule has 94 valence electrons. The Morgan fingerprint density at radius 2 is 2.28 bits per heavy atom. The van der Waals surface area contributed by atoms with Crippen molar-refractivity contribution < 1.29 is 0 Å². The summed E-state index contributed by atoms with van der Waals surface area (Å²) in [6, 6.07) is 8.74. The van der Waals surface area contributed by atoms with Crippen molar-refractivity contribution in [2.45, 2.75) is 13.0 Å². The van der Waals surface area contributed by atoms with Gasteiger partial charge in [-0.1, -0.05) is 6.07 Å². The zero-order valence-corrected chi connectivity index (χ0v) is 11.2. The van der Waals surface area contributed by atoms with Crippen LogP contribution in [0.15, 0.2) is 29.6 Å². The van der Waals surface area contributed by atoms with Gasteiger partial charge in [0.25, 0.3) is 0 Å². The lowest BCUT2D eigenvalue weighted by Crippen LogP contribution is -2.49. The monoisotopic (exact) mass is 260 g/mol. The molecule has 1 aliphatic heterocycles. The number of rotatable bonds is 2. The topological polar surface area (TPSA) is 41.1 Å². The van der Waals surface area contributed by atoms with Crippen LogP contribution < -0.4 is 10.2 Å². The third-order valence-electron chi connectivity index (χ3n) is 3.12. The molecule has 2 aromatic rings. The molecule has 1 unspecified atom stereocenters. The molecule has 4 nitrogen and oxygen atoms in total. The Bertz CT molecular complexity index is 494. The highest BCUT2D eigenvalue weighted by atomic mass is 32.1. The SMILES string of the molecule is CC1CN(c2ccc(-c3cccs3)nn2)CCN1. The van der Waals surface area contributed by atoms with Gasteiger partial charge in [-0.2, -0.15) is 0 Å². The number of piperazine rings is 1. The average Bonchev–Trinajstić information content (AvgIpc) is 2.93. The molecule has 1 fully saturated rings. The second-order valence-corrected chi connectivity index (χ2v) is 5.50. The van der Waals surface area contributed by atoms with Gasteiger partial charge in [-0.25, -0.2) is 0 Å². The van der Waals surface area contributed by atoms with Crippen LogP contribution in [-0.2, 0) is 0 Å². The minimum Gasteiger partial charge on any atom is -0.352 e. The molecular weight excluding hydrogens is 244 g/mol. The summed E-state index contributed by atoms with van der Waals surface area (Å²) in [7, 11) is 0. The lowest BCUT2D eigenvalue weighted by atomic mass is 10.2. The van der Waals surface area contributed by atoms with Gasteiger partial charge in [0.05, 0.1) is 4.88 Å². The highest BCUT2D eigenvalue weighted by molar-refractivity contribution is 7.13. The van der Waals surface area contributed by atoms with E-state index >= 15 is 0 Å². The summed E-state index contributed by atoms with van der Waals surface area (Å²) in [5.41, 5.74) is 0.955. The molecule has 1 N–H and O–H groups in total. The van der Waals surface area contributed by atoms with E-state index < -0.39 is 0 Å². The summed E-state index contributed by atoms with van der Waals surface area (Å²) in [5.74, 6) is 0.976. The van der Waals surface area contributed by atoms with E-state index in [1.165, 1.54) is 4.88 Å². The smallest absolute Gasteiger partial charge is 0.151 e. The summed E-state index contributed by atoms with van der Waals surface area (Å²) in [4.78, 5) is 3.45. The molecule has 0 radical (unpaired) electrons. The third kappa shape index (κ3) is 2.37. The molecule has 3 rings (SSSR count). The minimum atomic E-state index is 0.512. The zero-order chi connectivity index (χ0) is 12.4. The van der Waals surface area contributed by atoms with Crippen LogP contribution >= 0.6 is 11.3 Å². The molecule has 2 aromatic heterocycles. The van der Waals surface area contributed by atoms with Gasteiger partial charge in [0.1, 0.15) is 5.69 Å². The fourth-order valence-electron chi connectivity index (χ4n) is 2.19. The average molecular weight is 260 g/mol. The van der Waals surface area contributed by atoms with Gasteiger partial charge in [-0.15, -0.1) is 21.5 Å². The fourth-order valence-corrected chi connectivity index (χ4v) is 2.88. The lowest BCUT2D eigenvalue weighted by Gasteiger charge is -2.32. The molecule has 0 saturated carbocycles. The zero-order valence-electron chi connectivity index (χ0n) is 10.3. The maximum atomic E-state index is 4.35. The molecule has 0 amide bonds. The minimum absolute atomic E-state index is 0.512. The van der Waals surface area contributed by atoms with E-state index in [0.29, 0.717) is 6.04 Å². The van der Waals surface area contributed by atoms with Gasteiger partial charge in [-0.05, 0) is 30.5 Å². The van der Waals surface area contributed by atoms with Crippen LogP contribution in [0.5, 0.6) is 0 Å². The predicted molar refractivity (Wildman–Crippen MR) is 75.0 cm³/mol. The van der Waals surface area contributed by atoms with E-state index in [1.54, 1.807) is 11.3 Å². The Balaban J connectivity index is 1.78. The van der Waals surface area contributed by atoms with Gasteiger partial charge >= 0.3 is 0 Å². The largest absolute Gasteiger partial charge is 0.352 e. The van der Waals surface area contributed by atoms with Gasteiger partial charge in [-0.3, -0.25) is 0 Å². The maximum absolute atomic E-state index is 4.35. The summed E-state index contributed by atoms with van der Waals surface area (Å²) < 4.78 is 0. The summed E-state index contributed by atoms with van der Waals surface area (Å²) in [6.07, 6.45) is 0. The summed E-state index contributed by atoms with van der Waals surface area (Å²) in [5, 5.41) is 14.2. The quantitative estimate of drug-likeness (QED) is 0.896. The fraction of sp³-hybridized carbons (Fsp3) is 0.385. The number of aromatic nitrogens is 2. The van der Waals surface area contributed by atoms with Crippen LogP contribution in [0.25, 0.3) is 10.6 Å². The van der Waals surface area contributed by atoms with E-state index in [0.717, 1.165) is 31.1 Å². The van der Waals surface area contributed by atoms with Crippen LogP contribution in [0.4, 0.5) is 5.82 Å². The standard InChI is InChI=1S/C13H16N4S/c1-10-9-17(7-6-14-10)13-5-4-11(15-16-13)12-3-2-8-18-12/h2-5,8,10,14H,6-7,9H2,1H3. The first kappa shape index (κ1) is 11.6. The van der Waals surface area contributed by atoms with Crippen molar-refractivity contribution >= 4 is 17.2 Å². The van der Waals surface area contributed by atoms with Gasteiger partial charge in [0.2, 0.25) is 0 Å². The van der Waals surface area contributed by atoms with Crippen LogP contribution in [0.1, 0.15) is 6.92 Å². The molecular formula is C13H16N4S. The first-order valence-electron chi connectivity index (χ1n) is 6.19. The molecule has 0 aromatic carbocycles. The van der Waals surface area contributed by atoms with Crippen molar-refractivity contribution in [2.75, 3.05) is 24.5 Å². The van der Waals surface area contributed by atoms with E-state index in [2.05, 4.69) is 50.9 Å². The van der Waals surface area contributed by atoms with E-state index in [-0.39, 0.29) is 0 Å². The molecule has 0 aliphatic carbocycles. The molecule has 3 heterocycles. The highest BCUT2D eigenvalue weighted by Gasteiger charge is 2.17. The molecule has 5 heteroatoms. The van der Waals surface area contributed by atoms with Gasteiger partial charge < -0.3 is 10.2 Å². The van der Waals surface area contributed by atoms with E-state index in [4.69, 9.17) is 0 Å². The Morgan fingerprint density at radius 1 is 1.33 bits per heavy atom. The van der Waals surface area contributed by atoms with Crippen LogP contribution in [0.3, 0.4) is 0 Å².